The van der Waals surface area contributed by atoms with Gasteiger partial charge >= 0.3 is 0 Å². The van der Waals surface area contributed by atoms with Gasteiger partial charge in [-0.05, 0) is 36.7 Å². The first kappa shape index (κ1) is 11.6. The average Bonchev–Trinajstić information content (AvgIpc) is 2.35. The summed E-state index contributed by atoms with van der Waals surface area (Å²) in [6.07, 6.45) is 0.597. The number of hydrogen-bond donors (Lipinski definition) is 1. The van der Waals surface area contributed by atoms with E-state index in [2.05, 4.69) is 0 Å². The molecule has 2 aromatic rings. The smallest absolute Gasteiger partial charge is 0.166 e. The van der Waals surface area contributed by atoms with E-state index in [0.717, 1.165) is 5.56 Å². The number of halogens is 1. The van der Waals surface area contributed by atoms with Crippen LogP contribution in [0.3, 0.4) is 0 Å². The molecule has 0 fully saturated rings. The standard InChI is InChI=1S/C14H14FNO/c15-13-8-4-5-11(9-10-16)14(13)17-12-6-2-1-3-7-12/h1-8H,9-10,16H2. The number of benzene rings is 2. The minimum Gasteiger partial charge on any atom is -0.454 e. The van der Waals surface area contributed by atoms with Crippen molar-refractivity contribution in [1.29, 1.82) is 0 Å². The van der Waals surface area contributed by atoms with Gasteiger partial charge in [-0.25, -0.2) is 4.39 Å². The SMILES string of the molecule is NCCc1cccc(F)c1Oc1ccccc1. The molecule has 2 nitrogen and oxygen atoms in total. The number of rotatable bonds is 4. The van der Waals surface area contributed by atoms with Crippen LogP contribution in [0.2, 0.25) is 0 Å². The Hall–Kier alpha value is -1.87. The number of nitrogens with two attached hydrogens (primary N) is 1. The topological polar surface area (TPSA) is 35.2 Å². The molecule has 3 heteroatoms. The molecule has 0 aliphatic rings. The van der Waals surface area contributed by atoms with Crippen molar-refractivity contribution in [2.75, 3.05) is 6.54 Å². The van der Waals surface area contributed by atoms with Gasteiger partial charge in [-0.15, -0.1) is 0 Å². The van der Waals surface area contributed by atoms with Gasteiger partial charge in [-0.3, -0.25) is 0 Å². The van der Waals surface area contributed by atoms with Crippen molar-refractivity contribution in [3.05, 3.63) is 59.9 Å². The van der Waals surface area contributed by atoms with Crippen LogP contribution >= 0.6 is 0 Å². The third-order valence-electron chi connectivity index (χ3n) is 2.43. The van der Waals surface area contributed by atoms with Gasteiger partial charge in [0.2, 0.25) is 0 Å². The van der Waals surface area contributed by atoms with Crippen molar-refractivity contribution in [2.24, 2.45) is 5.73 Å². The molecule has 2 aromatic carbocycles. The second-order valence-electron chi connectivity index (χ2n) is 3.68. The molecular weight excluding hydrogens is 217 g/mol. The summed E-state index contributed by atoms with van der Waals surface area (Å²) in [4.78, 5) is 0. The summed E-state index contributed by atoms with van der Waals surface area (Å²) in [5.41, 5.74) is 6.28. The molecule has 0 aliphatic carbocycles. The Labute approximate surface area is 99.8 Å². The molecule has 2 N–H and O–H groups in total. The highest BCUT2D eigenvalue weighted by Crippen LogP contribution is 2.28. The van der Waals surface area contributed by atoms with Crippen LogP contribution in [0.25, 0.3) is 0 Å². The predicted octanol–water partition coefficient (Wildman–Crippen LogP) is 3.12. The van der Waals surface area contributed by atoms with E-state index in [1.54, 1.807) is 18.2 Å². The molecule has 0 saturated heterocycles. The van der Waals surface area contributed by atoms with Crippen LogP contribution in [-0.4, -0.2) is 6.54 Å². The van der Waals surface area contributed by atoms with E-state index >= 15 is 0 Å². The van der Waals surface area contributed by atoms with E-state index in [1.165, 1.54) is 6.07 Å². The Kier molecular flexibility index (Phi) is 3.73. The van der Waals surface area contributed by atoms with Crippen molar-refractivity contribution >= 4 is 0 Å². The van der Waals surface area contributed by atoms with Crippen molar-refractivity contribution in [1.82, 2.24) is 0 Å². The molecule has 2 rings (SSSR count). The highest BCUT2D eigenvalue weighted by Gasteiger charge is 2.09. The van der Waals surface area contributed by atoms with Crippen molar-refractivity contribution in [3.8, 4) is 11.5 Å². The normalized spacial score (nSPS) is 10.2. The van der Waals surface area contributed by atoms with Gasteiger partial charge in [0.15, 0.2) is 11.6 Å². The highest BCUT2D eigenvalue weighted by atomic mass is 19.1. The molecule has 17 heavy (non-hydrogen) atoms. The predicted molar refractivity (Wildman–Crippen MR) is 65.7 cm³/mol. The monoisotopic (exact) mass is 231 g/mol. The van der Waals surface area contributed by atoms with Crippen LogP contribution in [-0.2, 0) is 6.42 Å². The fourth-order valence-electron chi connectivity index (χ4n) is 1.63. The molecule has 0 radical (unpaired) electrons. The van der Waals surface area contributed by atoms with Gasteiger partial charge < -0.3 is 10.5 Å². The van der Waals surface area contributed by atoms with Crippen molar-refractivity contribution < 1.29 is 9.13 Å². The van der Waals surface area contributed by atoms with E-state index < -0.39 is 0 Å². The number of ether oxygens (including phenoxy) is 1. The fourth-order valence-corrected chi connectivity index (χ4v) is 1.63. The van der Waals surface area contributed by atoms with Gasteiger partial charge in [-0.2, -0.15) is 0 Å². The van der Waals surface area contributed by atoms with Crippen LogP contribution in [0.1, 0.15) is 5.56 Å². The third-order valence-corrected chi connectivity index (χ3v) is 2.43. The molecule has 0 aliphatic heterocycles. The summed E-state index contributed by atoms with van der Waals surface area (Å²) in [6.45, 7) is 0.467. The Morgan fingerprint density at radius 2 is 1.76 bits per heavy atom. The van der Waals surface area contributed by atoms with E-state index in [0.29, 0.717) is 18.7 Å². The Morgan fingerprint density at radius 1 is 1.00 bits per heavy atom. The maximum Gasteiger partial charge on any atom is 0.166 e. The minimum atomic E-state index is -0.361. The molecular formula is C14H14FNO. The minimum absolute atomic E-state index is 0.268. The lowest BCUT2D eigenvalue weighted by molar-refractivity contribution is 0.436. The van der Waals surface area contributed by atoms with Gasteiger partial charge in [0.05, 0.1) is 0 Å². The summed E-state index contributed by atoms with van der Waals surface area (Å²) in [5.74, 6) is 0.528. The first-order chi connectivity index (χ1) is 8.31. The van der Waals surface area contributed by atoms with E-state index in [1.807, 2.05) is 24.3 Å². The van der Waals surface area contributed by atoms with E-state index in [9.17, 15) is 4.39 Å². The maximum absolute atomic E-state index is 13.7. The zero-order chi connectivity index (χ0) is 12.1. The second kappa shape index (κ2) is 5.46. The Morgan fingerprint density at radius 3 is 2.47 bits per heavy atom. The quantitative estimate of drug-likeness (QED) is 0.877. The van der Waals surface area contributed by atoms with Crippen LogP contribution in [0, 0.1) is 5.82 Å². The lowest BCUT2D eigenvalue weighted by atomic mass is 10.1. The lowest BCUT2D eigenvalue weighted by Gasteiger charge is -2.11. The summed E-state index contributed by atoms with van der Waals surface area (Å²) < 4.78 is 19.3. The van der Waals surface area contributed by atoms with Gasteiger partial charge in [0.25, 0.3) is 0 Å². The Bertz CT molecular complexity index is 485. The van der Waals surface area contributed by atoms with Gasteiger partial charge in [0.1, 0.15) is 5.75 Å². The highest BCUT2D eigenvalue weighted by molar-refractivity contribution is 5.39. The molecule has 0 atom stereocenters. The van der Waals surface area contributed by atoms with Gasteiger partial charge in [-0.1, -0.05) is 30.3 Å². The van der Waals surface area contributed by atoms with E-state index in [4.69, 9.17) is 10.5 Å². The summed E-state index contributed by atoms with van der Waals surface area (Å²) in [6, 6.07) is 14.0. The molecule has 0 aromatic heterocycles. The Balaban J connectivity index is 2.31. The third kappa shape index (κ3) is 2.82. The van der Waals surface area contributed by atoms with Crippen molar-refractivity contribution in [3.63, 3.8) is 0 Å². The first-order valence-corrected chi connectivity index (χ1v) is 5.51. The average molecular weight is 231 g/mol. The molecule has 0 amide bonds. The molecule has 88 valence electrons. The number of para-hydroxylation sites is 2. The van der Waals surface area contributed by atoms with Crippen LogP contribution in [0.4, 0.5) is 4.39 Å². The zero-order valence-electron chi connectivity index (χ0n) is 9.40. The summed E-state index contributed by atoms with van der Waals surface area (Å²) >= 11 is 0. The van der Waals surface area contributed by atoms with Crippen LogP contribution in [0.15, 0.2) is 48.5 Å². The van der Waals surface area contributed by atoms with Crippen LogP contribution in [0.5, 0.6) is 11.5 Å². The summed E-state index contributed by atoms with van der Waals surface area (Å²) in [7, 11) is 0. The maximum atomic E-state index is 13.7. The molecule has 0 unspecified atom stereocenters. The summed E-state index contributed by atoms with van der Waals surface area (Å²) in [5, 5.41) is 0. The largest absolute Gasteiger partial charge is 0.454 e. The van der Waals surface area contributed by atoms with Gasteiger partial charge in [0, 0.05) is 0 Å². The van der Waals surface area contributed by atoms with E-state index in [-0.39, 0.29) is 11.6 Å². The van der Waals surface area contributed by atoms with Crippen LogP contribution < -0.4 is 10.5 Å². The zero-order valence-corrected chi connectivity index (χ0v) is 9.40. The first-order valence-electron chi connectivity index (χ1n) is 5.51. The number of hydrogen-bond acceptors (Lipinski definition) is 2. The van der Waals surface area contributed by atoms with Crippen molar-refractivity contribution in [2.45, 2.75) is 6.42 Å². The molecule has 0 heterocycles. The molecule has 0 saturated carbocycles. The molecule has 0 bridgehead atoms. The second-order valence-corrected chi connectivity index (χ2v) is 3.68. The fraction of sp³-hybridized carbons (Fsp3) is 0.143. The lowest BCUT2D eigenvalue weighted by Crippen LogP contribution is -2.05. The molecule has 0 spiro atoms.